The van der Waals surface area contributed by atoms with Gasteiger partial charge in [0, 0.05) is 33.8 Å². The highest BCUT2D eigenvalue weighted by atomic mass is 35.5. The summed E-state index contributed by atoms with van der Waals surface area (Å²) in [5, 5.41) is 7.64. The maximum absolute atomic E-state index is 12.2. The van der Waals surface area contributed by atoms with Crippen LogP contribution in [0, 0.1) is 0 Å². The minimum absolute atomic E-state index is 0.0847. The van der Waals surface area contributed by atoms with Crippen molar-refractivity contribution < 1.29 is 14.3 Å². The molecule has 1 amide bonds. The molecule has 1 heterocycles. The number of nitrogens with one attached hydrogen (secondary N) is 1. The zero-order valence-corrected chi connectivity index (χ0v) is 16.1. The van der Waals surface area contributed by atoms with Crippen LogP contribution in [-0.4, -0.2) is 27.8 Å². The molecule has 0 saturated heterocycles. The Morgan fingerprint density at radius 3 is 2.46 bits per heavy atom. The van der Waals surface area contributed by atoms with Crippen molar-refractivity contribution in [1.82, 2.24) is 9.78 Å². The van der Waals surface area contributed by atoms with Crippen LogP contribution >= 0.6 is 23.2 Å². The van der Waals surface area contributed by atoms with Gasteiger partial charge in [-0.25, -0.2) is 9.48 Å². The molecule has 0 bridgehead atoms. The number of hydrogen-bond donors (Lipinski definition) is 1. The van der Waals surface area contributed by atoms with Crippen LogP contribution in [0.3, 0.4) is 0 Å². The van der Waals surface area contributed by atoms with Crippen molar-refractivity contribution in [2.45, 2.75) is 32.9 Å². The SMILES string of the molecule is CC(C)n1nccc1NC(=O)[C@H](C)OC(=O)/C=C/c1c(Cl)cccc1Cl. The van der Waals surface area contributed by atoms with Crippen molar-refractivity contribution in [3.8, 4) is 0 Å². The molecule has 8 heteroatoms. The van der Waals surface area contributed by atoms with Gasteiger partial charge in [-0.05, 0) is 39.0 Å². The van der Waals surface area contributed by atoms with E-state index in [-0.39, 0.29) is 6.04 Å². The molecule has 0 aliphatic carbocycles. The topological polar surface area (TPSA) is 73.2 Å². The summed E-state index contributed by atoms with van der Waals surface area (Å²) >= 11 is 12.1. The highest BCUT2D eigenvalue weighted by molar-refractivity contribution is 6.37. The first-order chi connectivity index (χ1) is 12.3. The van der Waals surface area contributed by atoms with Gasteiger partial charge in [0.2, 0.25) is 0 Å². The van der Waals surface area contributed by atoms with E-state index in [9.17, 15) is 9.59 Å². The molecule has 6 nitrogen and oxygen atoms in total. The lowest BCUT2D eigenvalue weighted by Gasteiger charge is -2.15. The molecule has 0 radical (unpaired) electrons. The Morgan fingerprint density at radius 2 is 1.85 bits per heavy atom. The van der Waals surface area contributed by atoms with Crippen LogP contribution in [0.15, 0.2) is 36.5 Å². The largest absolute Gasteiger partial charge is 0.449 e. The van der Waals surface area contributed by atoms with Gasteiger partial charge in [-0.2, -0.15) is 5.10 Å². The molecule has 138 valence electrons. The molecule has 0 aliphatic rings. The number of hydrogen-bond acceptors (Lipinski definition) is 4. The summed E-state index contributed by atoms with van der Waals surface area (Å²) in [6.07, 6.45) is 3.23. The van der Waals surface area contributed by atoms with Crippen LogP contribution in [0.1, 0.15) is 32.4 Å². The zero-order valence-electron chi connectivity index (χ0n) is 14.6. The Hall–Kier alpha value is -2.31. The molecule has 0 spiro atoms. The minimum Gasteiger partial charge on any atom is -0.449 e. The van der Waals surface area contributed by atoms with E-state index in [4.69, 9.17) is 27.9 Å². The fourth-order valence-corrected chi connectivity index (χ4v) is 2.66. The molecule has 2 aromatic rings. The summed E-state index contributed by atoms with van der Waals surface area (Å²) in [6.45, 7) is 5.37. The van der Waals surface area contributed by atoms with Gasteiger partial charge in [0.1, 0.15) is 5.82 Å². The number of aromatic nitrogens is 2. The van der Waals surface area contributed by atoms with E-state index in [0.717, 1.165) is 0 Å². The van der Waals surface area contributed by atoms with Gasteiger partial charge in [0.15, 0.2) is 6.10 Å². The number of rotatable bonds is 6. The van der Waals surface area contributed by atoms with Gasteiger partial charge in [-0.15, -0.1) is 0 Å². The number of esters is 1. The molecule has 1 aromatic heterocycles. The Kier molecular flexibility index (Phi) is 6.83. The Bertz CT molecular complexity index is 811. The van der Waals surface area contributed by atoms with Crippen molar-refractivity contribution in [2.24, 2.45) is 0 Å². The maximum Gasteiger partial charge on any atom is 0.331 e. The monoisotopic (exact) mass is 395 g/mol. The third-order valence-electron chi connectivity index (χ3n) is 3.46. The van der Waals surface area contributed by atoms with Crippen molar-refractivity contribution in [1.29, 1.82) is 0 Å². The lowest BCUT2D eigenvalue weighted by Crippen LogP contribution is -2.30. The summed E-state index contributed by atoms with van der Waals surface area (Å²) < 4.78 is 6.77. The molecule has 1 N–H and O–H groups in total. The summed E-state index contributed by atoms with van der Waals surface area (Å²) in [5.74, 6) is -0.600. The third-order valence-corrected chi connectivity index (χ3v) is 4.12. The Morgan fingerprint density at radius 1 is 1.19 bits per heavy atom. The lowest BCUT2D eigenvalue weighted by atomic mass is 10.2. The van der Waals surface area contributed by atoms with Gasteiger partial charge >= 0.3 is 5.97 Å². The molecule has 2 rings (SSSR count). The smallest absolute Gasteiger partial charge is 0.331 e. The highest BCUT2D eigenvalue weighted by Gasteiger charge is 2.19. The molecule has 1 atom stereocenters. The van der Waals surface area contributed by atoms with E-state index >= 15 is 0 Å². The van der Waals surface area contributed by atoms with Gasteiger partial charge < -0.3 is 10.1 Å². The van der Waals surface area contributed by atoms with Crippen LogP contribution in [-0.2, 0) is 14.3 Å². The molecule has 1 aromatic carbocycles. The van der Waals surface area contributed by atoms with E-state index in [1.54, 1.807) is 35.1 Å². The second-order valence-electron chi connectivity index (χ2n) is 5.79. The predicted octanol–water partition coefficient (Wildman–Crippen LogP) is 4.35. The Labute approximate surface area is 161 Å². The average molecular weight is 396 g/mol. The molecule has 26 heavy (non-hydrogen) atoms. The molecule has 0 unspecified atom stereocenters. The standard InChI is InChI=1S/C18H19Cl2N3O3/c1-11(2)23-16(9-10-21-23)22-18(25)12(3)26-17(24)8-7-13-14(19)5-4-6-15(13)20/h4-12H,1-3H3,(H,22,25)/b8-7+/t12-/m0/s1. The average Bonchev–Trinajstić information content (AvgIpc) is 3.02. The van der Waals surface area contributed by atoms with Crippen LogP contribution in [0.25, 0.3) is 6.08 Å². The predicted molar refractivity (Wildman–Crippen MR) is 102 cm³/mol. The van der Waals surface area contributed by atoms with E-state index in [1.165, 1.54) is 19.1 Å². The van der Waals surface area contributed by atoms with Crippen molar-refractivity contribution in [3.05, 3.63) is 52.1 Å². The van der Waals surface area contributed by atoms with Crippen LogP contribution in [0.2, 0.25) is 10.0 Å². The van der Waals surface area contributed by atoms with Crippen LogP contribution in [0.4, 0.5) is 5.82 Å². The fourth-order valence-electron chi connectivity index (χ4n) is 2.14. The molecular formula is C18H19Cl2N3O3. The van der Waals surface area contributed by atoms with Gasteiger partial charge in [0.05, 0.1) is 6.20 Å². The van der Waals surface area contributed by atoms with E-state index < -0.39 is 18.0 Å². The van der Waals surface area contributed by atoms with Crippen LogP contribution < -0.4 is 5.32 Å². The minimum atomic E-state index is -0.982. The first-order valence-electron chi connectivity index (χ1n) is 7.96. The number of amides is 1. The van der Waals surface area contributed by atoms with Gasteiger partial charge in [0.25, 0.3) is 5.91 Å². The number of carbonyl (C=O) groups excluding carboxylic acids is 2. The summed E-state index contributed by atoms with van der Waals surface area (Å²) in [6, 6.07) is 6.78. The van der Waals surface area contributed by atoms with Crippen molar-refractivity contribution in [3.63, 3.8) is 0 Å². The molecule has 0 fully saturated rings. The summed E-state index contributed by atoms with van der Waals surface area (Å²) in [7, 11) is 0. The number of carbonyl (C=O) groups is 2. The van der Waals surface area contributed by atoms with Gasteiger partial charge in [-0.3, -0.25) is 4.79 Å². The van der Waals surface area contributed by atoms with Crippen molar-refractivity contribution >= 4 is 47.0 Å². The van der Waals surface area contributed by atoms with E-state index in [0.29, 0.717) is 21.4 Å². The van der Waals surface area contributed by atoms with Crippen LogP contribution in [0.5, 0.6) is 0 Å². The van der Waals surface area contributed by atoms with E-state index in [2.05, 4.69) is 10.4 Å². The number of anilines is 1. The summed E-state index contributed by atoms with van der Waals surface area (Å²) in [5.41, 5.74) is 0.505. The first kappa shape index (κ1) is 20.0. The molecule has 0 aliphatic heterocycles. The molecule has 0 saturated carbocycles. The van der Waals surface area contributed by atoms with E-state index in [1.807, 2.05) is 13.8 Å². The number of nitrogens with zero attached hydrogens (tertiary/aromatic N) is 2. The normalized spacial score (nSPS) is 12.4. The fraction of sp³-hybridized carbons (Fsp3) is 0.278. The van der Waals surface area contributed by atoms with Gasteiger partial charge in [-0.1, -0.05) is 29.3 Å². The zero-order chi connectivity index (χ0) is 19.3. The number of ether oxygens (including phenoxy) is 1. The first-order valence-corrected chi connectivity index (χ1v) is 8.72. The quantitative estimate of drug-likeness (QED) is 0.582. The lowest BCUT2D eigenvalue weighted by molar-refractivity contribution is -0.148. The second kappa shape index (κ2) is 8.87. The second-order valence-corrected chi connectivity index (χ2v) is 6.61. The molecular weight excluding hydrogens is 377 g/mol. The van der Waals surface area contributed by atoms with Crippen molar-refractivity contribution in [2.75, 3.05) is 5.32 Å². The maximum atomic E-state index is 12.2. The highest BCUT2D eigenvalue weighted by Crippen LogP contribution is 2.25. The Balaban J connectivity index is 1.97. The summed E-state index contributed by atoms with van der Waals surface area (Å²) in [4.78, 5) is 24.1. The third kappa shape index (κ3) is 5.09. The number of benzene rings is 1. The number of halogens is 2.